The molecule has 0 bridgehead atoms. The van der Waals surface area contributed by atoms with Crippen LogP contribution in [-0.4, -0.2) is 31.8 Å². The van der Waals surface area contributed by atoms with Crippen LogP contribution in [0.5, 0.6) is 0 Å². The molecule has 2 atom stereocenters. The molecule has 5 nitrogen and oxygen atoms in total. The molecule has 0 radical (unpaired) electrons. The highest BCUT2D eigenvalue weighted by Crippen LogP contribution is 2.64. The molecule has 23 heavy (non-hydrogen) atoms. The predicted octanol–water partition coefficient (Wildman–Crippen LogP) is 2.73. The van der Waals surface area contributed by atoms with E-state index in [1.807, 2.05) is 37.3 Å². The maximum Gasteiger partial charge on any atom is 0.302 e. The predicted molar refractivity (Wildman–Crippen MR) is 84.5 cm³/mol. The molecule has 1 aromatic carbocycles. The number of esters is 2. The van der Waals surface area contributed by atoms with Gasteiger partial charge in [-0.2, -0.15) is 0 Å². The molecule has 126 valence electrons. The summed E-state index contributed by atoms with van der Waals surface area (Å²) in [4.78, 5) is 22.2. The quantitative estimate of drug-likeness (QED) is 0.689. The minimum absolute atomic E-state index is 0.217. The van der Waals surface area contributed by atoms with E-state index in [9.17, 15) is 9.59 Å². The van der Waals surface area contributed by atoms with Crippen LogP contribution in [0.1, 0.15) is 32.8 Å². The van der Waals surface area contributed by atoms with Gasteiger partial charge >= 0.3 is 11.9 Å². The smallest absolute Gasteiger partial charge is 0.302 e. The van der Waals surface area contributed by atoms with Crippen LogP contribution < -0.4 is 0 Å². The molecular weight excluding hydrogens is 296 g/mol. The molecule has 5 heteroatoms. The summed E-state index contributed by atoms with van der Waals surface area (Å²) in [5.74, 6) is -0.612. The van der Waals surface area contributed by atoms with Crippen molar-refractivity contribution in [1.82, 2.24) is 0 Å². The van der Waals surface area contributed by atoms with Crippen molar-refractivity contribution in [2.75, 3.05) is 19.8 Å². The Bertz CT molecular complexity index is 556. The number of carbonyl (C=O) groups excluding carboxylic acids is 2. The topological polar surface area (TPSA) is 61.8 Å². The second kappa shape index (κ2) is 7.13. The lowest BCUT2D eigenvalue weighted by molar-refractivity contribution is -0.147. The molecule has 0 amide bonds. The van der Waals surface area contributed by atoms with Crippen LogP contribution in [0.4, 0.5) is 0 Å². The summed E-state index contributed by atoms with van der Waals surface area (Å²) in [7, 11) is 0. The molecule has 2 rings (SSSR count). The molecule has 0 aliphatic heterocycles. The van der Waals surface area contributed by atoms with Crippen LogP contribution in [0.2, 0.25) is 0 Å². The number of rotatable bonds is 8. The Hall–Kier alpha value is -1.88. The van der Waals surface area contributed by atoms with Gasteiger partial charge in [0.25, 0.3) is 0 Å². The molecule has 1 aliphatic rings. The molecule has 1 aliphatic carbocycles. The van der Waals surface area contributed by atoms with Crippen LogP contribution >= 0.6 is 0 Å². The fraction of sp³-hybridized carbons (Fsp3) is 0.556. The number of hydrogen-bond donors (Lipinski definition) is 0. The highest BCUT2D eigenvalue weighted by atomic mass is 16.5. The first kappa shape index (κ1) is 17.5. The molecule has 0 aromatic heterocycles. The molecule has 0 spiro atoms. The zero-order valence-corrected chi connectivity index (χ0v) is 14.0. The van der Waals surface area contributed by atoms with Crippen LogP contribution in [0, 0.1) is 10.8 Å². The van der Waals surface area contributed by atoms with Crippen LogP contribution in [0.3, 0.4) is 0 Å². The molecule has 1 saturated carbocycles. The van der Waals surface area contributed by atoms with Gasteiger partial charge in [0.15, 0.2) is 0 Å². The van der Waals surface area contributed by atoms with E-state index in [2.05, 4.69) is 0 Å². The monoisotopic (exact) mass is 320 g/mol. The fourth-order valence-electron chi connectivity index (χ4n) is 2.84. The molecule has 1 aromatic rings. The van der Waals surface area contributed by atoms with Crippen LogP contribution in [-0.2, 0) is 30.4 Å². The minimum Gasteiger partial charge on any atom is -0.465 e. The van der Waals surface area contributed by atoms with Crippen molar-refractivity contribution in [1.29, 1.82) is 0 Å². The lowest BCUT2D eigenvalue weighted by Crippen LogP contribution is -2.28. The van der Waals surface area contributed by atoms with Crippen molar-refractivity contribution in [3.63, 3.8) is 0 Å². The van der Waals surface area contributed by atoms with Gasteiger partial charge in [-0.3, -0.25) is 9.59 Å². The summed E-state index contributed by atoms with van der Waals surface area (Å²) in [6, 6.07) is 9.90. The number of ether oxygens (including phenoxy) is 3. The largest absolute Gasteiger partial charge is 0.465 e. The Kier molecular flexibility index (Phi) is 5.42. The normalized spacial score (nSPS) is 25.7. The van der Waals surface area contributed by atoms with Gasteiger partial charge in [-0.25, -0.2) is 0 Å². The summed E-state index contributed by atoms with van der Waals surface area (Å²) >= 11 is 0. The van der Waals surface area contributed by atoms with E-state index < -0.39 is 0 Å². The van der Waals surface area contributed by atoms with Gasteiger partial charge in [0.05, 0.1) is 26.4 Å². The lowest BCUT2D eigenvalue weighted by atomic mass is 9.96. The Morgan fingerprint density at radius 1 is 1.00 bits per heavy atom. The Morgan fingerprint density at radius 2 is 1.61 bits per heavy atom. The van der Waals surface area contributed by atoms with Gasteiger partial charge in [-0.05, 0) is 12.0 Å². The number of benzene rings is 1. The number of hydrogen-bond acceptors (Lipinski definition) is 5. The van der Waals surface area contributed by atoms with E-state index >= 15 is 0 Å². The maximum atomic E-state index is 11.1. The molecule has 0 saturated heterocycles. The fourth-order valence-corrected chi connectivity index (χ4v) is 2.84. The second-order valence-corrected chi connectivity index (χ2v) is 6.56. The first-order chi connectivity index (χ1) is 10.9. The first-order valence-corrected chi connectivity index (χ1v) is 7.75. The zero-order chi connectivity index (χ0) is 16.9. The third kappa shape index (κ3) is 4.55. The molecule has 0 heterocycles. The Labute approximate surface area is 136 Å². The third-order valence-electron chi connectivity index (χ3n) is 4.52. The summed E-state index contributed by atoms with van der Waals surface area (Å²) in [6.07, 6.45) is 0.801. The van der Waals surface area contributed by atoms with E-state index in [1.165, 1.54) is 13.8 Å². The zero-order valence-electron chi connectivity index (χ0n) is 14.0. The van der Waals surface area contributed by atoms with E-state index in [-0.39, 0.29) is 29.4 Å². The second-order valence-electron chi connectivity index (χ2n) is 6.56. The summed E-state index contributed by atoms with van der Waals surface area (Å²) in [5.41, 5.74) is 0.589. The Morgan fingerprint density at radius 3 is 2.22 bits per heavy atom. The van der Waals surface area contributed by atoms with Crippen LogP contribution in [0.15, 0.2) is 30.3 Å². The molecule has 1 fully saturated rings. The average molecular weight is 320 g/mol. The van der Waals surface area contributed by atoms with Crippen molar-refractivity contribution in [2.45, 2.75) is 33.8 Å². The summed E-state index contributed by atoms with van der Waals surface area (Å²) in [5, 5.41) is 0. The number of carbonyl (C=O) groups is 2. The van der Waals surface area contributed by atoms with Crippen molar-refractivity contribution < 1.29 is 23.8 Å². The summed E-state index contributed by atoms with van der Waals surface area (Å²) < 4.78 is 16.2. The maximum absolute atomic E-state index is 11.1. The van der Waals surface area contributed by atoms with E-state index in [0.717, 1.165) is 12.0 Å². The van der Waals surface area contributed by atoms with E-state index in [4.69, 9.17) is 14.2 Å². The van der Waals surface area contributed by atoms with Crippen molar-refractivity contribution in [3.05, 3.63) is 35.9 Å². The van der Waals surface area contributed by atoms with E-state index in [0.29, 0.717) is 19.8 Å². The van der Waals surface area contributed by atoms with Gasteiger partial charge in [0.2, 0.25) is 0 Å². The van der Waals surface area contributed by atoms with Crippen molar-refractivity contribution in [3.8, 4) is 0 Å². The average Bonchev–Trinajstić information content (AvgIpc) is 3.10. The lowest BCUT2D eigenvalue weighted by Gasteiger charge is -2.22. The van der Waals surface area contributed by atoms with Gasteiger partial charge in [-0.15, -0.1) is 0 Å². The SMILES string of the molecule is CC(=O)OCC1(C)CC1(COCc1ccccc1)COC(C)=O. The van der Waals surface area contributed by atoms with Gasteiger partial charge in [0, 0.05) is 24.7 Å². The van der Waals surface area contributed by atoms with Crippen LogP contribution in [0.25, 0.3) is 0 Å². The molecule has 0 N–H and O–H groups in total. The van der Waals surface area contributed by atoms with Crippen molar-refractivity contribution >= 4 is 11.9 Å². The summed E-state index contributed by atoms with van der Waals surface area (Å²) in [6.45, 7) is 6.40. The highest BCUT2D eigenvalue weighted by molar-refractivity contribution is 5.66. The van der Waals surface area contributed by atoms with Gasteiger partial charge in [-0.1, -0.05) is 37.3 Å². The van der Waals surface area contributed by atoms with Gasteiger partial charge < -0.3 is 14.2 Å². The van der Waals surface area contributed by atoms with Crippen molar-refractivity contribution in [2.24, 2.45) is 10.8 Å². The Balaban J connectivity index is 1.92. The third-order valence-corrected chi connectivity index (χ3v) is 4.52. The van der Waals surface area contributed by atoms with Gasteiger partial charge in [0.1, 0.15) is 0 Å². The highest BCUT2D eigenvalue weighted by Gasteiger charge is 2.65. The molecular formula is C18H24O5. The minimum atomic E-state index is -0.311. The van der Waals surface area contributed by atoms with E-state index in [1.54, 1.807) is 0 Å². The first-order valence-electron chi connectivity index (χ1n) is 7.75. The molecule has 2 unspecified atom stereocenters. The standard InChI is InChI=1S/C18H24O5/c1-14(19)22-11-17(3)10-18(17,13-23-15(2)20)12-21-9-16-7-5-4-6-8-16/h4-8H,9-13H2,1-3H3.